The van der Waals surface area contributed by atoms with Gasteiger partial charge in [-0.2, -0.15) is 0 Å². The van der Waals surface area contributed by atoms with Gasteiger partial charge in [0.15, 0.2) is 5.69 Å². The Morgan fingerprint density at radius 3 is 2.18 bits per heavy atom. The van der Waals surface area contributed by atoms with Crippen LogP contribution in [0, 0.1) is 17.7 Å². The maximum Gasteiger partial charge on any atom is 0.276 e. The second-order valence-electron chi connectivity index (χ2n) is 14.3. The van der Waals surface area contributed by atoms with Crippen molar-refractivity contribution < 1.29 is 28.2 Å². The molecule has 1 saturated heterocycles. The van der Waals surface area contributed by atoms with Crippen LogP contribution in [0.4, 0.5) is 10.1 Å². The molecule has 1 saturated carbocycles. The fourth-order valence-electron chi connectivity index (χ4n) is 7.56. The first-order valence-corrected chi connectivity index (χ1v) is 17.8. The first kappa shape index (κ1) is 37.9. The second-order valence-corrected chi connectivity index (χ2v) is 14.3. The van der Waals surface area contributed by atoms with Gasteiger partial charge in [-0.1, -0.05) is 51.8 Å². The van der Waals surface area contributed by atoms with Crippen LogP contribution < -0.4 is 16.0 Å². The highest BCUT2D eigenvalue weighted by Crippen LogP contribution is 2.32. The summed E-state index contributed by atoms with van der Waals surface area (Å²) >= 11 is 0. The molecule has 0 unspecified atom stereocenters. The Balaban J connectivity index is 1.53. The minimum absolute atomic E-state index is 0.0268. The number of hydrogen-bond acceptors (Lipinski definition) is 8. The van der Waals surface area contributed by atoms with Gasteiger partial charge in [0.05, 0.1) is 5.69 Å². The lowest BCUT2D eigenvalue weighted by atomic mass is 9.79. The predicted molar refractivity (Wildman–Crippen MR) is 184 cm³/mol. The monoisotopic (exact) mass is 683 g/mol. The van der Waals surface area contributed by atoms with Gasteiger partial charge in [-0.25, -0.2) is 9.02 Å². The third-order valence-electron chi connectivity index (χ3n) is 10.3. The van der Waals surface area contributed by atoms with Gasteiger partial charge in [-0.15, -0.1) is 0 Å². The summed E-state index contributed by atoms with van der Waals surface area (Å²) in [6.45, 7) is 17.0. The lowest BCUT2D eigenvalue weighted by Crippen LogP contribution is -2.63. The van der Waals surface area contributed by atoms with E-state index in [0.29, 0.717) is 42.7 Å². The van der Waals surface area contributed by atoms with Crippen LogP contribution in [0.25, 0.3) is 0 Å². The third kappa shape index (κ3) is 9.03. The van der Waals surface area contributed by atoms with Crippen LogP contribution in [0.3, 0.4) is 0 Å². The number of carbonyl (C=O) groups is 4. The van der Waals surface area contributed by atoms with Crippen molar-refractivity contribution in [1.29, 1.82) is 0 Å². The summed E-state index contributed by atoms with van der Waals surface area (Å²) in [6, 6.07) is 3.20. The summed E-state index contributed by atoms with van der Waals surface area (Å²) in [5.41, 5.74) is 0.871. The molecule has 13 heteroatoms. The van der Waals surface area contributed by atoms with Crippen molar-refractivity contribution in [2.24, 2.45) is 11.8 Å². The molecule has 0 spiro atoms. The number of aromatic nitrogens is 2. The van der Waals surface area contributed by atoms with Gasteiger partial charge < -0.3 is 20.9 Å². The van der Waals surface area contributed by atoms with Crippen LogP contribution in [-0.4, -0.2) is 87.0 Å². The molecule has 0 radical (unpaired) electrons. The van der Waals surface area contributed by atoms with Crippen molar-refractivity contribution in [1.82, 2.24) is 30.7 Å². The number of aryl methyl sites for hydroxylation is 1. The third-order valence-corrected chi connectivity index (χ3v) is 10.3. The van der Waals surface area contributed by atoms with E-state index in [1.165, 1.54) is 12.1 Å². The maximum atomic E-state index is 15.8. The van der Waals surface area contributed by atoms with E-state index in [0.717, 1.165) is 25.7 Å². The van der Waals surface area contributed by atoms with Crippen LogP contribution in [0.5, 0.6) is 0 Å². The molecule has 2 heterocycles. The van der Waals surface area contributed by atoms with Crippen molar-refractivity contribution in [3.8, 4) is 0 Å². The molecule has 1 aromatic heterocycles. The molecule has 49 heavy (non-hydrogen) atoms. The van der Waals surface area contributed by atoms with E-state index in [-0.39, 0.29) is 47.6 Å². The Morgan fingerprint density at radius 1 is 0.959 bits per heavy atom. The highest BCUT2D eigenvalue weighted by atomic mass is 19.1. The van der Waals surface area contributed by atoms with Gasteiger partial charge in [0.25, 0.3) is 5.91 Å². The van der Waals surface area contributed by atoms with Crippen LogP contribution in [0.2, 0.25) is 0 Å². The molecule has 2 aliphatic rings. The highest BCUT2D eigenvalue weighted by Gasteiger charge is 2.39. The van der Waals surface area contributed by atoms with E-state index < -0.39 is 35.6 Å². The van der Waals surface area contributed by atoms with Gasteiger partial charge >= 0.3 is 0 Å². The summed E-state index contributed by atoms with van der Waals surface area (Å²) in [7, 11) is 0. The standard InChI is InChI=1S/C36H54FN7O5/c1-9-28-33(42-49-41-28)35(47)40-32(25-13-11-21(5)12-14-25)34(46)38-29-16-15-26(17-27(29)37)24(8)31(39-30(45)10-2)36(48)43-18-22(6)44(20(3)4)23(7)19-43/h15-17,20-25,31-32H,9-14,18-19H2,1-8H3,(H,38,46)(H,39,45)(H,40,47)/t21?,22-,23-,24-,25?,31+,32-/m0/s1. The Kier molecular flexibility index (Phi) is 12.9. The summed E-state index contributed by atoms with van der Waals surface area (Å²) in [5, 5.41) is 15.9. The zero-order valence-electron chi connectivity index (χ0n) is 30.2. The zero-order valence-corrected chi connectivity index (χ0v) is 30.2. The molecule has 4 amide bonds. The Morgan fingerprint density at radius 2 is 1.61 bits per heavy atom. The topological polar surface area (TPSA) is 150 Å². The van der Waals surface area contributed by atoms with Crippen molar-refractivity contribution >= 4 is 29.3 Å². The molecular weight excluding hydrogens is 629 g/mol. The van der Waals surface area contributed by atoms with Crippen LogP contribution in [0.1, 0.15) is 115 Å². The minimum Gasteiger partial charge on any atom is -0.344 e. The number of carbonyl (C=O) groups excluding carboxylic acids is 4. The number of benzene rings is 1. The van der Waals surface area contributed by atoms with E-state index >= 15 is 4.39 Å². The van der Waals surface area contributed by atoms with Crippen LogP contribution >= 0.6 is 0 Å². The lowest BCUT2D eigenvalue weighted by molar-refractivity contribution is -0.141. The fraction of sp³-hybridized carbons (Fsp3) is 0.667. The van der Waals surface area contributed by atoms with Crippen molar-refractivity contribution in [3.63, 3.8) is 0 Å². The van der Waals surface area contributed by atoms with Gasteiger partial charge in [-0.3, -0.25) is 24.1 Å². The van der Waals surface area contributed by atoms with Gasteiger partial charge in [0, 0.05) is 43.6 Å². The first-order chi connectivity index (χ1) is 23.2. The average Bonchev–Trinajstić information content (AvgIpc) is 3.55. The summed E-state index contributed by atoms with van der Waals surface area (Å²) < 4.78 is 20.5. The predicted octanol–water partition coefficient (Wildman–Crippen LogP) is 4.66. The molecule has 1 aromatic carbocycles. The first-order valence-electron chi connectivity index (χ1n) is 17.8. The van der Waals surface area contributed by atoms with E-state index in [4.69, 9.17) is 4.63 Å². The zero-order chi connectivity index (χ0) is 36.0. The van der Waals surface area contributed by atoms with Crippen molar-refractivity contribution in [3.05, 3.63) is 41.0 Å². The molecule has 0 bridgehead atoms. The molecule has 5 atom stereocenters. The molecule has 2 fully saturated rings. The summed E-state index contributed by atoms with van der Waals surface area (Å²) in [4.78, 5) is 57.7. The summed E-state index contributed by atoms with van der Waals surface area (Å²) in [6.07, 6.45) is 3.93. The van der Waals surface area contributed by atoms with Crippen molar-refractivity contribution in [2.45, 2.75) is 130 Å². The van der Waals surface area contributed by atoms with Gasteiger partial charge in [0.1, 0.15) is 23.6 Å². The van der Waals surface area contributed by atoms with E-state index in [9.17, 15) is 19.2 Å². The largest absolute Gasteiger partial charge is 0.344 e. The molecule has 1 aliphatic carbocycles. The maximum absolute atomic E-state index is 15.8. The number of rotatable bonds is 12. The molecule has 1 aliphatic heterocycles. The Hall–Kier alpha value is -3.87. The van der Waals surface area contributed by atoms with E-state index in [1.807, 2.05) is 6.92 Å². The number of hydrogen-bond donors (Lipinski definition) is 3. The minimum atomic E-state index is -0.924. The van der Waals surface area contributed by atoms with Crippen molar-refractivity contribution in [2.75, 3.05) is 18.4 Å². The van der Waals surface area contributed by atoms with Crippen LogP contribution in [-0.2, 0) is 20.8 Å². The quantitative estimate of drug-likeness (QED) is 0.293. The van der Waals surface area contributed by atoms with E-state index in [2.05, 4.69) is 65.8 Å². The number of halogens is 1. The molecular formula is C36H54FN7O5. The van der Waals surface area contributed by atoms with E-state index in [1.54, 1.807) is 24.8 Å². The molecule has 270 valence electrons. The lowest BCUT2D eigenvalue weighted by Gasteiger charge is -2.47. The van der Waals surface area contributed by atoms with Crippen LogP contribution in [0.15, 0.2) is 22.8 Å². The number of piperazine rings is 1. The molecule has 4 rings (SSSR count). The molecule has 3 N–H and O–H groups in total. The Labute approximate surface area is 289 Å². The van der Waals surface area contributed by atoms with Gasteiger partial charge in [-0.05, 0) is 81.6 Å². The Bertz CT molecular complexity index is 1460. The SMILES string of the molecule is CCC(=O)N[C@@H](C(=O)N1C[C@H](C)N(C(C)C)[C@@H](C)C1)[C@@H](C)c1ccc(NC(=O)[C@@H](NC(=O)c2nonc2CC)C2CCC(C)CC2)c(F)c1. The number of anilines is 1. The fourth-order valence-corrected chi connectivity index (χ4v) is 7.56. The normalized spacial score (nSPS) is 23.4. The number of nitrogens with zero attached hydrogens (tertiary/aromatic N) is 4. The number of nitrogens with one attached hydrogen (secondary N) is 3. The van der Waals surface area contributed by atoms with Gasteiger partial charge in [0.2, 0.25) is 17.7 Å². The highest BCUT2D eigenvalue weighted by molar-refractivity contribution is 6.01. The smallest absolute Gasteiger partial charge is 0.276 e. The number of amides is 4. The second kappa shape index (κ2) is 16.7. The molecule has 2 aromatic rings. The molecule has 12 nitrogen and oxygen atoms in total. The summed E-state index contributed by atoms with van der Waals surface area (Å²) in [5.74, 6) is -2.45. The average molecular weight is 684 g/mol.